The van der Waals surface area contributed by atoms with Gasteiger partial charge in [0.2, 0.25) is 5.88 Å². The second-order valence-electron chi connectivity index (χ2n) is 7.55. The number of nitrogens with zero attached hydrogens (tertiary/aromatic N) is 4. The van der Waals surface area contributed by atoms with E-state index < -0.39 is 36.1 Å². The molecule has 5 atom stereocenters. The highest BCUT2D eigenvalue weighted by Gasteiger charge is 2.52. The van der Waals surface area contributed by atoms with Gasteiger partial charge in [0.25, 0.3) is 0 Å². The van der Waals surface area contributed by atoms with Crippen LogP contribution in [0.4, 0.5) is 4.39 Å². The van der Waals surface area contributed by atoms with Crippen molar-refractivity contribution in [2.45, 2.75) is 49.7 Å². The van der Waals surface area contributed by atoms with Crippen molar-refractivity contribution >= 4 is 31.6 Å². The first kappa shape index (κ1) is 19.4. The normalized spacial score (nSPS) is 29.3. The average Bonchev–Trinajstić information content (AvgIpc) is 3.16. The van der Waals surface area contributed by atoms with Gasteiger partial charge in [-0.25, -0.2) is 14.4 Å². The standard InChI is InChI=1S/C15H25FN4O4Si2/c1-15(2,14(25)26)10(22)9-8(21)6(16)13(24-9)20-5-19-7-11(20)17-4-18-12(7)23-3/h4-6,8-10,13-14,21-22H,1-3,25-26H3/t6-,8+,9+,10?,13-/m1/s1. The van der Waals surface area contributed by atoms with Crippen molar-refractivity contribution in [2.24, 2.45) is 5.41 Å². The molecule has 0 aromatic carbocycles. The Morgan fingerprint density at radius 1 is 1.35 bits per heavy atom. The van der Waals surface area contributed by atoms with Gasteiger partial charge in [0, 0.05) is 20.5 Å². The van der Waals surface area contributed by atoms with E-state index in [0.29, 0.717) is 16.3 Å². The highest BCUT2D eigenvalue weighted by atomic mass is 28.2. The molecule has 3 heterocycles. The molecule has 1 fully saturated rings. The molecule has 0 saturated carbocycles. The summed E-state index contributed by atoms with van der Waals surface area (Å²) >= 11 is 0. The molecule has 2 N–H and O–H groups in total. The monoisotopic (exact) mass is 400 g/mol. The fraction of sp³-hybridized carbons (Fsp3) is 0.667. The second-order valence-corrected chi connectivity index (χ2v) is 13.3. The van der Waals surface area contributed by atoms with Crippen LogP contribution in [0.5, 0.6) is 5.88 Å². The predicted octanol–water partition coefficient (Wildman–Crippen LogP) is -1.70. The second kappa shape index (κ2) is 6.96. The van der Waals surface area contributed by atoms with Gasteiger partial charge in [-0.1, -0.05) is 19.0 Å². The van der Waals surface area contributed by atoms with Gasteiger partial charge in [0.05, 0.1) is 19.5 Å². The predicted molar refractivity (Wildman–Crippen MR) is 100 cm³/mol. The van der Waals surface area contributed by atoms with E-state index in [0.717, 1.165) is 20.5 Å². The van der Waals surface area contributed by atoms with Gasteiger partial charge in [-0.15, -0.1) is 0 Å². The largest absolute Gasteiger partial charge is 0.479 e. The van der Waals surface area contributed by atoms with Gasteiger partial charge in [0.15, 0.2) is 23.6 Å². The molecule has 1 saturated heterocycles. The number of hydrogen-bond acceptors (Lipinski definition) is 7. The Morgan fingerprint density at radius 3 is 2.65 bits per heavy atom. The molecule has 11 heteroatoms. The number of aliphatic hydroxyl groups excluding tert-OH is 2. The number of methoxy groups -OCH3 is 1. The van der Waals surface area contributed by atoms with Gasteiger partial charge >= 0.3 is 0 Å². The van der Waals surface area contributed by atoms with Crippen molar-refractivity contribution in [3.8, 4) is 5.88 Å². The van der Waals surface area contributed by atoms with E-state index in [4.69, 9.17) is 9.47 Å². The lowest BCUT2D eigenvalue weighted by Crippen LogP contribution is -2.47. The number of aromatic nitrogens is 4. The fourth-order valence-electron chi connectivity index (χ4n) is 3.08. The van der Waals surface area contributed by atoms with Crippen LogP contribution in [0.25, 0.3) is 11.2 Å². The van der Waals surface area contributed by atoms with Crippen molar-refractivity contribution in [3.63, 3.8) is 0 Å². The zero-order valence-electron chi connectivity index (χ0n) is 15.5. The third kappa shape index (κ3) is 2.97. The summed E-state index contributed by atoms with van der Waals surface area (Å²) in [6.07, 6.45) is -3.60. The lowest BCUT2D eigenvalue weighted by Gasteiger charge is -2.38. The Bertz CT molecular complexity index is 790. The summed E-state index contributed by atoms with van der Waals surface area (Å²) in [6, 6.07) is 0. The molecule has 2 aromatic heterocycles. The average molecular weight is 401 g/mol. The first-order valence-corrected chi connectivity index (χ1v) is 10.9. The molecule has 0 spiro atoms. The van der Waals surface area contributed by atoms with Gasteiger partial charge in [-0.05, 0) is 5.41 Å². The Kier molecular flexibility index (Phi) is 5.18. The minimum atomic E-state index is -1.72. The zero-order chi connectivity index (χ0) is 19.2. The molecule has 1 aliphatic heterocycles. The van der Waals surface area contributed by atoms with Crippen molar-refractivity contribution in [1.82, 2.24) is 19.5 Å². The maximum atomic E-state index is 14.9. The molecule has 0 amide bonds. The smallest absolute Gasteiger partial charge is 0.245 e. The molecular weight excluding hydrogens is 375 g/mol. The highest BCUT2D eigenvalue weighted by molar-refractivity contribution is 6.36. The zero-order valence-corrected chi connectivity index (χ0v) is 19.5. The Balaban J connectivity index is 1.94. The molecule has 144 valence electrons. The summed E-state index contributed by atoms with van der Waals surface area (Å²) in [7, 11) is 3.30. The first-order valence-electron chi connectivity index (χ1n) is 8.57. The SMILES string of the molecule is COc1ncnc2c1ncn2[C@@H]1O[C@H](C(O)C(C)(C)C([SiH3])[SiH3])[C@@H](O)[C@H]1F. The molecule has 0 aliphatic carbocycles. The van der Waals surface area contributed by atoms with E-state index in [1.165, 1.54) is 24.3 Å². The van der Waals surface area contributed by atoms with Crippen LogP contribution in [-0.4, -0.2) is 81.8 Å². The van der Waals surface area contributed by atoms with E-state index >= 15 is 0 Å². The summed E-state index contributed by atoms with van der Waals surface area (Å²) in [4.78, 5) is 12.3. The number of fused-ring (bicyclic) bond motifs is 1. The number of aliphatic hydroxyl groups is 2. The lowest BCUT2D eigenvalue weighted by molar-refractivity contribution is -0.116. The van der Waals surface area contributed by atoms with Gasteiger partial charge in [-0.2, -0.15) is 4.98 Å². The number of halogens is 1. The third-order valence-electron chi connectivity index (χ3n) is 5.59. The summed E-state index contributed by atoms with van der Waals surface area (Å²) < 4.78 is 27.2. The van der Waals surface area contributed by atoms with Crippen LogP contribution in [0.3, 0.4) is 0 Å². The minimum Gasteiger partial charge on any atom is -0.479 e. The van der Waals surface area contributed by atoms with E-state index in [9.17, 15) is 14.6 Å². The van der Waals surface area contributed by atoms with Crippen LogP contribution < -0.4 is 4.74 Å². The first-order chi connectivity index (χ1) is 12.2. The summed E-state index contributed by atoms with van der Waals surface area (Å²) in [5.74, 6) is 0.273. The number of rotatable bonds is 5. The van der Waals surface area contributed by atoms with Crippen LogP contribution in [0, 0.1) is 5.41 Å². The number of ether oxygens (including phenoxy) is 2. The molecular formula is C15H25FN4O4Si2. The molecule has 26 heavy (non-hydrogen) atoms. The van der Waals surface area contributed by atoms with Gasteiger partial charge in [0.1, 0.15) is 18.5 Å². The van der Waals surface area contributed by atoms with E-state index in [1.807, 2.05) is 13.8 Å². The van der Waals surface area contributed by atoms with Crippen LogP contribution >= 0.6 is 0 Å². The summed E-state index contributed by atoms with van der Waals surface area (Å²) in [5, 5.41) is 21.5. The van der Waals surface area contributed by atoms with Crippen molar-refractivity contribution in [2.75, 3.05) is 7.11 Å². The van der Waals surface area contributed by atoms with Gasteiger partial charge in [-0.3, -0.25) is 4.57 Å². The summed E-state index contributed by atoms with van der Waals surface area (Å²) in [6.45, 7) is 3.87. The molecule has 3 rings (SSSR count). The molecule has 0 radical (unpaired) electrons. The molecule has 0 bridgehead atoms. The number of imidazole rings is 1. The van der Waals surface area contributed by atoms with Crippen LogP contribution in [0.15, 0.2) is 12.7 Å². The summed E-state index contributed by atoms with van der Waals surface area (Å²) in [5.41, 5.74) is 0.278. The number of alkyl halides is 1. The van der Waals surface area contributed by atoms with Crippen molar-refractivity contribution in [1.29, 1.82) is 0 Å². The fourth-order valence-corrected chi connectivity index (χ4v) is 3.76. The van der Waals surface area contributed by atoms with E-state index in [2.05, 4.69) is 15.0 Å². The Morgan fingerprint density at radius 2 is 2.04 bits per heavy atom. The molecule has 1 aliphatic rings. The Hall–Kier alpha value is -1.41. The quantitative estimate of drug-likeness (QED) is 0.577. The van der Waals surface area contributed by atoms with Crippen LogP contribution in [-0.2, 0) is 4.74 Å². The maximum Gasteiger partial charge on any atom is 0.245 e. The van der Waals surface area contributed by atoms with Crippen molar-refractivity contribution in [3.05, 3.63) is 12.7 Å². The molecule has 1 unspecified atom stereocenters. The van der Waals surface area contributed by atoms with Crippen molar-refractivity contribution < 1.29 is 24.1 Å². The minimum absolute atomic E-state index is 0.273. The van der Waals surface area contributed by atoms with Gasteiger partial charge < -0.3 is 19.7 Å². The van der Waals surface area contributed by atoms with E-state index in [1.54, 1.807) is 0 Å². The topological polar surface area (TPSA) is 103 Å². The number of hydrogen-bond donors (Lipinski definition) is 2. The lowest BCUT2D eigenvalue weighted by atomic mass is 9.83. The maximum absolute atomic E-state index is 14.9. The third-order valence-corrected chi connectivity index (χ3v) is 8.56. The highest BCUT2D eigenvalue weighted by Crippen LogP contribution is 2.41. The molecule has 8 nitrogen and oxygen atoms in total. The molecule has 2 aromatic rings. The van der Waals surface area contributed by atoms with Crippen LogP contribution in [0.2, 0.25) is 5.16 Å². The van der Waals surface area contributed by atoms with E-state index in [-0.39, 0.29) is 5.88 Å². The Labute approximate surface area is 156 Å². The van der Waals surface area contributed by atoms with Crippen LogP contribution in [0.1, 0.15) is 20.1 Å².